The number of hydroxylamine groups is 1. The van der Waals surface area contributed by atoms with Gasteiger partial charge in [0.1, 0.15) is 6.10 Å². The van der Waals surface area contributed by atoms with Crippen LogP contribution in [0.4, 0.5) is 0 Å². The summed E-state index contributed by atoms with van der Waals surface area (Å²) < 4.78 is 26.8. The molecule has 1 saturated heterocycles. The molecule has 2 atom stereocenters. The first-order valence-corrected chi connectivity index (χ1v) is 8.92. The molecule has 0 bridgehead atoms. The average Bonchev–Trinajstić information content (AvgIpc) is 3.01. The van der Waals surface area contributed by atoms with E-state index in [0.717, 1.165) is 15.6 Å². The number of sulfonamides is 1. The van der Waals surface area contributed by atoms with Crippen LogP contribution in [0.5, 0.6) is 0 Å². The Hall–Kier alpha value is -1.95. The summed E-state index contributed by atoms with van der Waals surface area (Å²) in [6.07, 6.45) is 1.88. The quantitative estimate of drug-likeness (QED) is 0.805. The highest BCUT2D eigenvalue weighted by Gasteiger charge is 2.41. The van der Waals surface area contributed by atoms with E-state index in [1.54, 1.807) is 30.3 Å². The minimum absolute atomic E-state index is 0.226. The Labute approximate surface area is 137 Å². The SMILES string of the molecule is C=C[C@H]1C[C@@H](c2ccccc2)ON1S(=O)(=O)c1ccc(C)cc1. The van der Waals surface area contributed by atoms with Crippen LogP contribution in [0.1, 0.15) is 23.7 Å². The maximum Gasteiger partial charge on any atom is 0.265 e. The molecule has 0 aromatic heterocycles. The highest BCUT2D eigenvalue weighted by Crippen LogP contribution is 2.37. The van der Waals surface area contributed by atoms with Gasteiger partial charge in [0.15, 0.2) is 0 Å². The van der Waals surface area contributed by atoms with Crippen LogP contribution in [0.2, 0.25) is 0 Å². The fraction of sp³-hybridized carbons (Fsp3) is 0.222. The maximum absolute atomic E-state index is 12.8. The van der Waals surface area contributed by atoms with Gasteiger partial charge in [-0.2, -0.15) is 0 Å². The Morgan fingerprint density at radius 2 is 1.78 bits per heavy atom. The molecule has 0 aliphatic carbocycles. The molecule has 1 aliphatic rings. The Bertz CT molecular complexity index is 785. The van der Waals surface area contributed by atoms with Gasteiger partial charge in [-0.15, -0.1) is 6.58 Å². The van der Waals surface area contributed by atoms with E-state index in [9.17, 15) is 8.42 Å². The number of hydrogen-bond acceptors (Lipinski definition) is 3. The molecule has 0 amide bonds. The molecule has 0 radical (unpaired) electrons. The predicted octanol–water partition coefficient (Wildman–Crippen LogP) is 3.62. The topological polar surface area (TPSA) is 46.6 Å². The zero-order chi connectivity index (χ0) is 16.4. The summed E-state index contributed by atoms with van der Waals surface area (Å²) in [5, 5.41) is 0. The molecule has 1 fully saturated rings. The summed E-state index contributed by atoms with van der Waals surface area (Å²) in [4.78, 5) is 6.00. The van der Waals surface area contributed by atoms with Crippen molar-refractivity contribution in [1.29, 1.82) is 0 Å². The summed E-state index contributed by atoms with van der Waals surface area (Å²) in [5.41, 5.74) is 1.97. The third kappa shape index (κ3) is 3.08. The summed E-state index contributed by atoms with van der Waals surface area (Å²) in [6.45, 7) is 5.67. The van der Waals surface area contributed by atoms with Gasteiger partial charge in [0.2, 0.25) is 0 Å². The van der Waals surface area contributed by atoms with Crippen molar-refractivity contribution in [3.8, 4) is 0 Å². The largest absolute Gasteiger partial charge is 0.275 e. The van der Waals surface area contributed by atoms with E-state index in [1.807, 2.05) is 37.3 Å². The Balaban J connectivity index is 1.92. The number of aryl methyl sites for hydroxylation is 1. The number of benzene rings is 2. The van der Waals surface area contributed by atoms with Gasteiger partial charge >= 0.3 is 0 Å². The Morgan fingerprint density at radius 1 is 1.13 bits per heavy atom. The monoisotopic (exact) mass is 329 g/mol. The second-order valence-corrected chi connectivity index (χ2v) is 7.40. The predicted molar refractivity (Wildman–Crippen MR) is 89.1 cm³/mol. The third-order valence-electron chi connectivity index (χ3n) is 3.96. The van der Waals surface area contributed by atoms with E-state index in [-0.39, 0.29) is 17.0 Å². The molecule has 2 aromatic carbocycles. The van der Waals surface area contributed by atoms with Crippen molar-refractivity contribution in [2.24, 2.45) is 0 Å². The number of nitrogens with zero attached hydrogens (tertiary/aromatic N) is 1. The van der Waals surface area contributed by atoms with Gasteiger partial charge in [0.25, 0.3) is 10.0 Å². The fourth-order valence-electron chi connectivity index (χ4n) is 2.65. The van der Waals surface area contributed by atoms with E-state index < -0.39 is 10.0 Å². The second-order valence-electron chi connectivity index (χ2n) is 5.62. The molecule has 120 valence electrons. The Kier molecular flexibility index (Phi) is 4.35. The zero-order valence-corrected chi connectivity index (χ0v) is 13.7. The highest BCUT2D eigenvalue weighted by atomic mass is 32.2. The minimum atomic E-state index is -3.72. The van der Waals surface area contributed by atoms with Crippen molar-refractivity contribution in [2.75, 3.05) is 0 Å². The minimum Gasteiger partial charge on any atom is -0.275 e. The van der Waals surface area contributed by atoms with Gasteiger partial charge in [0.05, 0.1) is 10.9 Å². The van der Waals surface area contributed by atoms with Crippen LogP contribution in [-0.4, -0.2) is 18.9 Å². The van der Waals surface area contributed by atoms with Crippen molar-refractivity contribution in [3.05, 3.63) is 78.4 Å². The molecule has 5 heteroatoms. The molecule has 1 aliphatic heterocycles. The van der Waals surface area contributed by atoms with Gasteiger partial charge < -0.3 is 0 Å². The Morgan fingerprint density at radius 3 is 2.39 bits per heavy atom. The van der Waals surface area contributed by atoms with Gasteiger partial charge in [-0.3, -0.25) is 4.84 Å². The van der Waals surface area contributed by atoms with Gasteiger partial charge in [-0.1, -0.05) is 58.6 Å². The lowest BCUT2D eigenvalue weighted by Gasteiger charge is -2.20. The van der Waals surface area contributed by atoms with Crippen molar-refractivity contribution in [3.63, 3.8) is 0 Å². The van der Waals surface area contributed by atoms with Crippen LogP contribution in [0.3, 0.4) is 0 Å². The van der Waals surface area contributed by atoms with Crippen molar-refractivity contribution < 1.29 is 13.3 Å². The van der Waals surface area contributed by atoms with Crippen molar-refractivity contribution in [1.82, 2.24) is 4.47 Å². The molecule has 0 saturated carbocycles. The lowest BCUT2D eigenvalue weighted by atomic mass is 10.0. The third-order valence-corrected chi connectivity index (χ3v) is 5.66. The molecule has 23 heavy (non-hydrogen) atoms. The lowest BCUT2D eigenvalue weighted by molar-refractivity contribution is -0.0856. The maximum atomic E-state index is 12.8. The van der Waals surface area contributed by atoms with E-state index in [1.165, 1.54) is 0 Å². The zero-order valence-electron chi connectivity index (χ0n) is 12.9. The van der Waals surface area contributed by atoms with Crippen molar-refractivity contribution >= 4 is 10.0 Å². The van der Waals surface area contributed by atoms with Crippen LogP contribution in [0.15, 0.2) is 72.1 Å². The molecule has 2 aromatic rings. The van der Waals surface area contributed by atoms with Crippen LogP contribution < -0.4 is 0 Å². The molecule has 0 unspecified atom stereocenters. The highest BCUT2D eigenvalue weighted by molar-refractivity contribution is 7.89. The lowest BCUT2D eigenvalue weighted by Crippen LogP contribution is -2.33. The molecule has 0 N–H and O–H groups in total. The van der Waals surface area contributed by atoms with Crippen LogP contribution in [0, 0.1) is 6.92 Å². The normalized spacial score (nSPS) is 22.1. The summed E-state index contributed by atoms with van der Waals surface area (Å²) >= 11 is 0. The van der Waals surface area contributed by atoms with Crippen LogP contribution in [0.25, 0.3) is 0 Å². The van der Waals surface area contributed by atoms with E-state index >= 15 is 0 Å². The molecular formula is C18H19NO3S. The molecule has 0 spiro atoms. The molecule has 1 heterocycles. The number of rotatable bonds is 4. The van der Waals surface area contributed by atoms with Gasteiger partial charge in [-0.05, 0) is 24.6 Å². The first-order chi connectivity index (χ1) is 11.0. The summed E-state index contributed by atoms with van der Waals surface area (Å²) in [5.74, 6) is 0. The standard InChI is InChI=1S/C18H19NO3S/c1-3-16-13-18(15-7-5-4-6-8-15)22-19(16)23(20,21)17-11-9-14(2)10-12-17/h3-12,16,18H,1,13H2,2H3/t16-,18-/m0/s1. The van der Waals surface area contributed by atoms with E-state index in [2.05, 4.69) is 6.58 Å². The van der Waals surface area contributed by atoms with Crippen molar-refractivity contribution in [2.45, 2.75) is 30.4 Å². The first kappa shape index (κ1) is 15.9. The van der Waals surface area contributed by atoms with E-state index in [0.29, 0.717) is 6.42 Å². The first-order valence-electron chi connectivity index (χ1n) is 7.48. The molecule has 3 rings (SSSR count). The van der Waals surface area contributed by atoms with Crippen LogP contribution >= 0.6 is 0 Å². The molecular weight excluding hydrogens is 310 g/mol. The second kappa shape index (κ2) is 6.28. The smallest absolute Gasteiger partial charge is 0.265 e. The average molecular weight is 329 g/mol. The van der Waals surface area contributed by atoms with Gasteiger partial charge in [0, 0.05) is 6.42 Å². The summed E-state index contributed by atoms with van der Waals surface area (Å²) in [7, 11) is -3.72. The van der Waals surface area contributed by atoms with Gasteiger partial charge in [-0.25, -0.2) is 8.42 Å². The van der Waals surface area contributed by atoms with E-state index in [4.69, 9.17) is 4.84 Å². The number of hydrogen-bond donors (Lipinski definition) is 0. The van der Waals surface area contributed by atoms with Crippen LogP contribution in [-0.2, 0) is 14.9 Å². The fourth-order valence-corrected chi connectivity index (χ4v) is 4.08. The summed E-state index contributed by atoms with van der Waals surface area (Å²) in [6, 6.07) is 16.0. The molecule has 4 nitrogen and oxygen atoms in total.